The number of thioether (sulfide) groups is 1. The zero-order chi connectivity index (χ0) is 16.8. The monoisotopic (exact) mass is 340 g/mol. The van der Waals surface area contributed by atoms with Crippen molar-refractivity contribution in [2.75, 3.05) is 12.0 Å². The first-order valence-electron chi connectivity index (χ1n) is 6.59. The first-order chi connectivity index (χ1) is 10.2. The maximum atomic E-state index is 12.0. The van der Waals surface area contributed by atoms with Gasteiger partial charge in [-0.25, -0.2) is 0 Å². The van der Waals surface area contributed by atoms with E-state index in [0.717, 1.165) is 11.3 Å². The summed E-state index contributed by atoms with van der Waals surface area (Å²) in [6.07, 6.45) is 2.17. The molecule has 0 aliphatic heterocycles. The van der Waals surface area contributed by atoms with Crippen LogP contribution in [0.1, 0.15) is 34.8 Å². The summed E-state index contributed by atoms with van der Waals surface area (Å²) in [5, 5.41) is 23.0. The molecule has 0 radical (unpaired) electrons. The maximum absolute atomic E-state index is 12.0. The molecule has 0 fully saturated rings. The minimum Gasteiger partial charge on any atom is -0.548 e. The second-order valence-electron chi connectivity index (χ2n) is 5.10. The summed E-state index contributed by atoms with van der Waals surface area (Å²) in [5.41, 5.74) is -1.11. The lowest BCUT2D eigenvalue weighted by molar-refractivity contribution is -0.308. The SMILES string of the molecule is CSCC[C@@H](NC(=O)c1ccc(C#CC(C)(C)O)s1)C(=O)[O-]. The van der Waals surface area contributed by atoms with E-state index in [9.17, 15) is 19.8 Å². The lowest BCUT2D eigenvalue weighted by atomic mass is 10.1. The van der Waals surface area contributed by atoms with Gasteiger partial charge in [0.15, 0.2) is 0 Å². The van der Waals surface area contributed by atoms with E-state index in [1.54, 1.807) is 26.0 Å². The van der Waals surface area contributed by atoms with E-state index in [2.05, 4.69) is 17.2 Å². The molecule has 0 spiro atoms. The number of amides is 1. The van der Waals surface area contributed by atoms with Crippen molar-refractivity contribution in [3.8, 4) is 11.8 Å². The average Bonchev–Trinajstić information content (AvgIpc) is 2.89. The fourth-order valence-corrected chi connectivity index (χ4v) is 2.69. The molecule has 22 heavy (non-hydrogen) atoms. The Balaban J connectivity index is 2.75. The number of rotatable bonds is 6. The minimum absolute atomic E-state index is 0.311. The van der Waals surface area contributed by atoms with Crippen molar-refractivity contribution in [3.63, 3.8) is 0 Å². The predicted molar refractivity (Wildman–Crippen MR) is 86.8 cm³/mol. The largest absolute Gasteiger partial charge is 0.548 e. The number of aliphatic hydroxyl groups is 1. The van der Waals surface area contributed by atoms with Crippen LogP contribution in [0.4, 0.5) is 0 Å². The number of hydrogen-bond acceptors (Lipinski definition) is 6. The molecule has 1 amide bonds. The normalized spacial score (nSPS) is 12.2. The summed E-state index contributed by atoms with van der Waals surface area (Å²) in [7, 11) is 0. The third kappa shape index (κ3) is 6.52. The molecular weight excluding hydrogens is 322 g/mol. The van der Waals surface area contributed by atoms with Crippen LogP contribution in [0.2, 0.25) is 0 Å². The van der Waals surface area contributed by atoms with Gasteiger partial charge in [-0.2, -0.15) is 11.8 Å². The van der Waals surface area contributed by atoms with Crippen LogP contribution in [0.3, 0.4) is 0 Å². The van der Waals surface area contributed by atoms with E-state index in [0.29, 0.717) is 21.9 Å². The summed E-state index contributed by atoms with van der Waals surface area (Å²) < 4.78 is 0. The van der Waals surface area contributed by atoms with Crippen molar-refractivity contribution < 1.29 is 19.8 Å². The van der Waals surface area contributed by atoms with Crippen molar-refractivity contribution in [1.82, 2.24) is 5.32 Å². The second-order valence-corrected chi connectivity index (χ2v) is 7.17. The number of aliphatic carboxylic acids is 1. The maximum Gasteiger partial charge on any atom is 0.261 e. The molecule has 0 unspecified atom stereocenters. The Morgan fingerprint density at radius 1 is 1.50 bits per heavy atom. The second kappa shape index (κ2) is 8.22. The van der Waals surface area contributed by atoms with Gasteiger partial charge >= 0.3 is 0 Å². The summed E-state index contributed by atoms with van der Waals surface area (Å²) >= 11 is 2.65. The highest BCUT2D eigenvalue weighted by molar-refractivity contribution is 7.98. The van der Waals surface area contributed by atoms with Crippen LogP contribution in [0.15, 0.2) is 12.1 Å². The lowest BCUT2D eigenvalue weighted by Crippen LogP contribution is -2.48. The van der Waals surface area contributed by atoms with Crippen LogP contribution in [0.25, 0.3) is 0 Å². The highest BCUT2D eigenvalue weighted by atomic mass is 32.2. The number of thiophene rings is 1. The van der Waals surface area contributed by atoms with Crippen LogP contribution >= 0.6 is 23.1 Å². The van der Waals surface area contributed by atoms with E-state index in [4.69, 9.17) is 0 Å². The molecule has 0 aliphatic rings. The highest BCUT2D eigenvalue weighted by Crippen LogP contribution is 2.16. The number of carbonyl (C=O) groups is 2. The van der Waals surface area contributed by atoms with Crippen molar-refractivity contribution in [2.45, 2.75) is 31.9 Å². The molecule has 1 atom stereocenters. The number of carboxylic acids is 1. The molecule has 1 heterocycles. The van der Waals surface area contributed by atoms with Crippen LogP contribution in [0, 0.1) is 11.8 Å². The van der Waals surface area contributed by atoms with E-state index in [-0.39, 0.29) is 0 Å². The summed E-state index contributed by atoms with van der Waals surface area (Å²) in [5.74, 6) is 4.30. The Kier molecular flexibility index (Phi) is 6.94. The van der Waals surface area contributed by atoms with Gasteiger partial charge in [0, 0.05) is 0 Å². The standard InChI is InChI=1S/C15H19NO4S2/c1-15(2,20)8-6-10-4-5-12(22-10)13(17)16-11(14(18)19)7-9-21-3/h4-5,11,20H,7,9H2,1-3H3,(H,16,17)(H,18,19)/p-1/t11-/m1/s1. The molecule has 1 aromatic rings. The van der Waals surface area contributed by atoms with Gasteiger partial charge in [-0.1, -0.05) is 11.8 Å². The fraction of sp³-hybridized carbons (Fsp3) is 0.467. The Labute approximate surface area is 138 Å². The topological polar surface area (TPSA) is 89.5 Å². The van der Waals surface area contributed by atoms with Crippen molar-refractivity contribution in [2.24, 2.45) is 0 Å². The van der Waals surface area contributed by atoms with Crippen LogP contribution < -0.4 is 10.4 Å². The first-order valence-corrected chi connectivity index (χ1v) is 8.80. The van der Waals surface area contributed by atoms with Gasteiger partial charge in [0.2, 0.25) is 0 Å². The quantitative estimate of drug-likeness (QED) is 0.735. The molecule has 7 heteroatoms. The fourth-order valence-electron chi connectivity index (χ4n) is 1.46. The molecule has 2 N–H and O–H groups in total. The number of carboxylic acid groups (broad SMARTS) is 1. The smallest absolute Gasteiger partial charge is 0.261 e. The van der Waals surface area contributed by atoms with Gasteiger partial charge in [-0.3, -0.25) is 4.79 Å². The van der Waals surface area contributed by atoms with Gasteiger partial charge in [-0.15, -0.1) is 11.3 Å². The molecule has 1 rings (SSSR count). The molecule has 1 aromatic heterocycles. The van der Waals surface area contributed by atoms with Gasteiger partial charge in [0.25, 0.3) is 5.91 Å². The van der Waals surface area contributed by atoms with Gasteiger partial charge in [-0.05, 0) is 44.4 Å². The predicted octanol–water partition coefficient (Wildman–Crippen LogP) is 0.472. The third-order valence-electron chi connectivity index (χ3n) is 2.52. The Morgan fingerprint density at radius 2 is 2.18 bits per heavy atom. The number of hydrogen-bond donors (Lipinski definition) is 2. The Bertz CT molecular complexity index is 593. The van der Waals surface area contributed by atoms with Crippen LogP contribution in [0.5, 0.6) is 0 Å². The molecule has 0 aliphatic carbocycles. The van der Waals surface area contributed by atoms with Crippen molar-refractivity contribution in [3.05, 3.63) is 21.9 Å². The zero-order valence-corrected chi connectivity index (χ0v) is 14.3. The molecule has 5 nitrogen and oxygen atoms in total. The molecular formula is C15H18NO4S2-. The van der Waals surface area contributed by atoms with Gasteiger partial charge in [0.1, 0.15) is 5.60 Å². The van der Waals surface area contributed by atoms with E-state index in [1.807, 2.05) is 6.26 Å². The number of carbonyl (C=O) groups excluding carboxylic acids is 2. The summed E-state index contributed by atoms with van der Waals surface area (Å²) in [4.78, 5) is 24.0. The Morgan fingerprint density at radius 3 is 2.73 bits per heavy atom. The third-order valence-corrected chi connectivity index (χ3v) is 4.17. The van der Waals surface area contributed by atoms with Gasteiger partial charge < -0.3 is 20.3 Å². The van der Waals surface area contributed by atoms with Gasteiger partial charge in [0.05, 0.1) is 21.8 Å². The van der Waals surface area contributed by atoms with E-state index < -0.39 is 23.5 Å². The van der Waals surface area contributed by atoms with E-state index >= 15 is 0 Å². The zero-order valence-electron chi connectivity index (χ0n) is 12.6. The van der Waals surface area contributed by atoms with Crippen molar-refractivity contribution in [1.29, 1.82) is 0 Å². The van der Waals surface area contributed by atoms with Crippen molar-refractivity contribution >= 4 is 35.0 Å². The Hall–Kier alpha value is -1.49. The summed E-state index contributed by atoms with van der Waals surface area (Å²) in [6.45, 7) is 3.13. The van der Waals surface area contributed by atoms with Crippen LogP contribution in [-0.2, 0) is 4.79 Å². The van der Waals surface area contributed by atoms with E-state index in [1.165, 1.54) is 11.8 Å². The molecule has 0 saturated carbocycles. The first kappa shape index (κ1) is 18.6. The molecule has 120 valence electrons. The minimum atomic E-state index is -1.29. The average molecular weight is 340 g/mol. The lowest BCUT2D eigenvalue weighted by Gasteiger charge is -2.18. The molecule has 0 saturated heterocycles. The molecule has 0 aromatic carbocycles. The summed E-state index contributed by atoms with van der Waals surface area (Å²) in [6, 6.07) is 2.23. The van der Waals surface area contributed by atoms with Crippen LogP contribution in [-0.4, -0.2) is 40.6 Å². The number of nitrogens with one attached hydrogen (secondary N) is 1. The molecule has 0 bridgehead atoms. The highest BCUT2D eigenvalue weighted by Gasteiger charge is 2.16.